The first kappa shape index (κ1) is 17.4. The van der Waals surface area contributed by atoms with E-state index in [1.807, 2.05) is 10.6 Å². The second-order valence-corrected chi connectivity index (χ2v) is 7.52. The van der Waals surface area contributed by atoms with Gasteiger partial charge < -0.3 is 4.57 Å². The number of hydrogen-bond acceptors (Lipinski definition) is 1. The van der Waals surface area contributed by atoms with Gasteiger partial charge >= 0.3 is 6.18 Å². The van der Waals surface area contributed by atoms with Gasteiger partial charge in [-0.05, 0) is 44.5 Å². The monoisotopic (exact) mass is 356 g/mol. The number of fused-ring (bicyclic) bond motifs is 1. The predicted octanol–water partition coefficient (Wildman–Crippen LogP) is 5.44. The molecule has 130 valence electrons. The van der Waals surface area contributed by atoms with Gasteiger partial charge in [0.2, 0.25) is 0 Å². The number of alkyl halides is 3. The van der Waals surface area contributed by atoms with Gasteiger partial charge in [0.15, 0.2) is 0 Å². The van der Waals surface area contributed by atoms with Gasteiger partial charge in [-0.25, -0.2) is 0 Å². The minimum absolute atomic E-state index is 0.0400. The first-order valence-corrected chi connectivity index (χ1v) is 8.26. The normalized spacial score (nSPS) is 16.3. The molecule has 0 bridgehead atoms. The third-order valence-electron chi connectivity index (χ3n) is 4.51. The molecule has 0 spiro atoms. The summed E-state index contributed by atoms with van der Waals surface area (Å²) in [5.41, 5.74) is 1.58. The zero-order valence-corrected chi connectivity index (χ0v) is 14.7. The molecule has 1 aromatic carbocycles. The summed E-state index contributed by atoms with van der Waals surface area (Å²) in [6.45, 7) is 8.81. The van der Waals surface area contributed by atoms with E-state index in [1.165, 1.54) is 6.07 Å². The molecule has 1 aromatic heterocycles. The number of hydrogen-bond donors (Lipinski definition) is 0. The molecule has 0 saturated heterocycles. The lowest BCUT2D eigenvalue weighted by Crippen LogP contribution is -2.45. The van der Waals surface area contributed by atoms with Crippen molar-refractivity contribution in [3.8, 4) is 11.1 Å². The van der Waals surface area contributed by atoms with Crippen molar-refractivity contribution in [2.45, 2.75) is 45.6 Å². The van der Waals surface area contributed by atoms with Crippen molar-refractivity contribution in [1.29, 1.82) is 0 Å². The average molecular weight is 357 g/mol. The minimum atomic E-state index is -4.36. The third-order valence-corrected chi connectivity index (χ3v) is 4.92. The lowest BCUT2D eigenvalue weighted by molar-refractivity contribution is -0.137. The van der Waals surface area contributed by atoms with Crippen LogP contribution in [0.25, 0.3) is 11.1 Å². The van der Waals surface area contributed by atoms with Crippen LogP contribution < -0.4 is 0 Å². The molecule has 0 amide bonds. The number of rotatable bonds is 1. The Hall–Kier alpha value is -1.46. The summed E-state index contributed by atoms with van der Waals surface area (Å²) in [7, 11) is 0. The molecule has 1 aliphatic rings. The van der Waals surface area contributed by atoms with E-state index in [1.54, 1.807) is 6.07 Å². The molecule has 0 radical (unpaired) electrons. The van der Waals surface area contributed by atoms with Crippen LogP contribution in [0.4, 0.5) is 13.2 Å². The van der Waals surface area contributed by atoms with Gasteiger partial charge in [-0.2, -0.15) is 13.2 Å². The quantitative estimate of drug-likeness (QED) is 0.660. The SMILES string of the molecule is CC(C)(C)N1CCn2c(cc(-c3cccc(C(F)(F)F)c3)c2Cl)C1. The van der Waals surface area contributed by atoms with Crippen LogP contribution in [0.3, 0.4) is 0 Å². The summed E-state index contributed by atoms with van der Waals surface area (Å²) >= 11 is 6.47. The maximum atomic E-state index is 12.9. The highest BCUT2D eigenvalue weighted by molar-refractivity contribution is 6.32. The Bertz CT molecular complexity index is 757. The molecule has 0 aliphatic carbocycles. The van der Waals surface area contributed by atoms with Gasteiger partial charge in [0.25, 0.3) is 0 Å². The first-order chi connectivity index (χ1) is 11.1. The molecule has 0 saturated carbocycles. The topological polar surface area (TPSA) is 8.17 Å². The van der Waals surface area contributed by atoms with E-state index in [0.717, 1.165) is 37.5 Å². The van der Waals surface area contributed by atoms with Crippen molar-refractivity contribution in [3.05, 3.63) is 46.7 Å². The molecule has 2 heterocycles. The average Bonchev–Trinajstić information content (AvgIpc) is 2.82. The molecule has 6 heteroatoms. The molecule has 0 fully saturated rings. The lowest BCUT2D eigenvalue weighted by Gasteiger charge is -2.39. The maximum Gasteiger partial charge on any atom is 0.416 e. The minimum Gasteiger partial charge on any atom is -0.333 e. The molecule has 0 atom stereocenters. The first-order valence-electron chi connectivity index (χ1n) is 7.88. The second-order valence-electron chi connectivity index (χ2n) is 7.16. The molecule has 2 nitrogen and oxygen atoms in total. The number of halogens is 4. The lowest BCUT2D eigenvalue weighted by atomic mass is 10.0. The Kier molecular flexibility index (Phi) is 4.21. The van der Waals surface area contributed by atoms with Crippen molar-refractivity contribution in [3.63, 3.8) is 0 Å². The zero-order valence-electron chi connectivity index (χ0n) is 13.9. The van der Waals surface area contributed by atoms with Crippen molar-refractivity contribution in [1.82, 2.24) is 9.47 Å². The standard InChI is InChI=1S/C18H20ClF3N2/c1-17(2,3)23-7-8-24-14(11-23)10-15(16(24)19)12-5-4-6-13(9-12)18(20,21)22/h4-6,9-10H,7-8,11H2,1-3H3. The Labute approximate surface area is 144 Å². The molecular formula is C18H20ClF3N2. The van der Waals surface area contributed by atoms with Crippen LogP contribution in [0.15, 0.2) is 30.3 Å². The van der Waals surface area contributed by atoms with Crippen molar-refractivity contribution >= 4 is 11.6 Å². The number of aromatic nitrogens is 1. The molecule has 2 aromatic rings. The van der Waals surface area contributed by atoms with Gasteiger partial charge in [-0.3, -0.25) is 4.90 Å². The molecule has 24 heavy (non-hydrogen) atoms. The van der Waals surface area contributed by atoms with Crippen LogP contribution in [0.5, 0.6) is 0 Å². The Morgan fingerprint density at radius 1 is 1.04 bits per heavy atom. The fourth-order valence-corrected chi connectivity index (χ4v) is 3.44. The highest BCUT2D eigenvalue weighted by Gasteiger charge is 2.31. The van der Waals surface area contributed by atoms with E-state index in [9.17, 15) is 13.2 Å². The Balaban J connectivity index is 1.99. The second kappa shape index (κ2) is 5.81. The van der Waals surface area contributed by atoms with Crippen molar-refractivity contribution < 1.29 is 13.2 Å². The van der Waals surface area contributed by atoms with Crippen LogP contribution in [-0.2, 0) is 19.3 Å². The van der Waals surface area contributed by atoms with E-state index < -0.39 is 11.7 Å². The van der Waals surface area contributed by atoms with Gasteiger partial charge in [0.1, 0.15) is 5.15 Å². The van der Waals surface area contributed by atoms with Crippen LogP contribution in [-0.4, -0.2) is 21.6 Å². The maximum absolute atomic E-state index is 12.9. The van der Waals surface area contributed by atoms with Gasteiger partial charge in [-0.15, -0.1) is 0 Å². The predicted molar refractivity (Wildman–Crippen MR) is 90.0 cm³/mol. The molecule has 1 aliphatic heterocycles. The third kappa shape index (κ3) is 3.20. The number of benzene rings is 1. The van der Waals surface area contributed by atoms with E-state index in [2.05, 4.69) is 25.7 Å². The summed E-state index contributed by atoms with van der Waals surface area (Å²) in [6, 6.07) is 7.25. The molecule has 3 rings (SSSR count). The smallest absolute Gasteiger partial charge is 0.333 e. The fourth-order valence-electron chi connectivity index (χ4n) is 3.08. The van der Waals surface area contributed by atoms with Crippen LogP contribution in [0.1, 0.15) is 32.0 Å². The Morgan fingerprint density at radius 2 is 1.75 bits per heavy atom. The van der Waals surface area contributed by atoms with Crippen molar-refractivity contribution in [2.24, 2.45) is 0 Å². The zero-order chi connectivity index (χ0) is 17.7. The summed E-state index contributed by atoms with van der Waals surface area (Å²) in [5.74, 6) is 0. The summed E-state index contributed by atoms with van der Waals surface area (Å²) in [4.78, 5) is 2.34. The van der Waals surface area contributed by atoms with Crippen molar-refractivity contribution in [2.75, 3.05) is 6.54 Å². The highest BCUT2D eigenvalue weighted by atomic mass is 35.5. The molecule has 0 unspecified atom stereocenters. The fraction of sp³-hybridized carbons (Fsp3) is 0.444. The largest absolute Gasteiger partial charge is 0.416 e. The summed E-state index contributed by atoms with van der Waals surface area (Å²) in [5, 5.41) is 0.512. The van der Waals surface area contributed by atoms with Gasteiger partial charge in [-0.1, -0.05) is 23.7 Å². The van der Waals surface area contributed by atoms with E-state index in [-0.39, 0.29) is 5.54 Å². The van der Waals surface area contributed by atoms with E-state index in [0.29, 0.717) is 16.3 Å². The number of nitrogens with zero attached hydrogens (tertiary/aromatic N) is 2. The van der Waals surface area contributed by atoms with Crippen LogP contribution >= 0.6 is 11.6 Å². The van der Waals surface area contributed by atoms with Crippen LogP contribution in [0.2, 0.25) is 5.15 Å². The summed E-state index contributed by atoms with van der Waals surface area (Å²) < 4.78 is 40.8. The molecule has 0 N–H and O–H groups in total. The van der Waals surface area contributed by atoms with E-state index in [4.69, 9.17) is 11.6 Å². The highest BCUT2D eigenvalue weighted by Crippen LogP contribution is 2.37. The van der Waals surface area contributed by atoms with Gasteiger partial charge in [0.05, 0.1) is 5.56 Å². The van der Waals surface area contributed by atoms with Crippen LogP contribution in [0, 0.1) is 0 Å². The van der Waals surface area contributed by atoms with E-state index >= 15 is 0 Å². The summed E-state index contributed by atoms with van der Waals surface area (Å²) in [6.07, 6.45) is -4.36. The Morgan fingerprint density at radius 3 is 2.38 bits per heavy atom. The molecular weight excluding hydrogens is 337 g/mol. The van der Waals surface area contributed by atoms with Gasteiger partial charge in [0, 0.05) is 36.4 Å².